The van der Waals surface area contributed by atoms with E-state index in [1.54, 1.807) is 6.92 Å². The van der Waals surface area contributed by atoms with Gasteiger partial charge < -0.3 is 15.3 Å². The van der Waals surface area contributed by atoms with Crippen LogP contribution in [-0.2, 0) is 4.79 Å². The summed E-state index contributed by atoms with van der Waals surface area (Å²) < 4.78 is 0. The van der Waals surface area contributed by atoms with Crippen molar-refractivity contribution in [1.82, 2.24) is 10.2 Å². The Hall–Kier alpha value is -0.610. The molecule has 2 N–H and O–H groups in total. The second-order valence-corrected chi connectivity index (χ2v) is 4.34. The molecule has 4 heteroatoms. The van der Waals surface area contributed by atoms with Crippen molar-refractivity contribution in [2.24, 2.45) is 0 Å². The molecule has 0 bridgehead atoms. The number of hydrogen-bond donors (Lipinski definition) is 2. The highest BCUT2D eigenvalue weighted by Gasteiger charge is 2.21. The van der Waals surface area contributed by atoms with Crippen LogP contribution in [0.25, 0.3) is 0 Å². The predicted octanol–water partition coefficient (Wildman–Crippen LogP) is 0.923. The molecule has 1 aliphatic rings. The van der Waals surface area contributed by atoms with Gasteiger partial charge in [0.1, 0.15) is 6.04 Å². The average Bonchev–Trinajstić information content (AvgIpc) is 2.21. The third-order valence-electron chi connectivity index (χ3n) is 2.98. The Bertz CT molecular complexity index is 201. The van der Waals surface area contributed by atoms with Crippen molar-refractivity contribution in [3.63, 3.8) is 0 Å². The minimum Gasteiger partial charge on any atom is -0.480 e. The number of carbonyl (C=O) groups is 1. The molecule has 1 aliphatic heterocycles. The summed E-state index contributed by atoms with van der Waals surface area (Å²) in [4.78, 5) is 13.1. The highest BCUT2D eigenvalue weighted by atomic mass is 16.4. The molecular weight excluding hydrogens is 192 g/mol. The number of rotatable bonds is 5. The van der Waals surface area contributed by atoms with E-state index >= 15 is 0 Å². The molecule has 15 heavy (non-hydrogen) atoms. The Morgan fingerprint density at radius 3 is 2.60 bits per heavy atom. The van der Waals surface area contributed by atoms with Gasteiger partial charge in [-0.3, -0.25) is 4.79 Å². The molecule has 1 heterocycles. The summed E-state index contributed by atoms with van der Waals surface area (Å²) in [6, 6.07) is -0.0445. The topological polar surface area (TPSA) is 52.6 Å². The number of likely N-dealkylation sites (tertiary alicyclic amines) is 1. The maximum absolute atomic E-state index is 10.7. The van der Waals surface area contributed by atoms with Crippen molar-refractivity contribution in [3.8, 4) is 0 Å². The fourth-order valence-corrected chi connectivity index (χ4v) is 2.06. The molecule has 1 rings (SSSR count). The fraction of sp³-hybridized carbons (Fsp3) is 0.909. The van der Waals surface area contributed by atoms with Crippen LogP contribution < -0.4 is 5.32 Å². The Morgan fingerprint density at radius 2 is 2.13 bits per heavy atom. The number of carboxylic acid groups (broad SMARTS) is 1. The molecule has 1 saturated heterocycles. The molecule has 0 aromatic rings. The zero-order chi connectivity index (χ0) is 11.3. The first kappa shape index (κ1) is 12.5. The lowest BCUT2D eigenvalue weighted by Gasteiger charge is -2.33. The molecule has 0 radical (unpaired) electrons. The molecule has 88 valence electrons. The number of aliphatic carboxylic acids is 1. The van der Waals surface area contributed by atoms with Crippen molar-refractivity contribution in [2.45, 2.75) is 45.2 Å². The van der Waals surface area contributed by atoms with Crippen LogP contribution in [0.4, 0.5) is 0 Å². The lowest BCUT2D eigenvalue weighted by molar-refractivity contribution is -0.139. The van der Waals surface area contributed by atoms with E-state index < -0.39 is 12.0 Å². The van der Waals surface area contributed by atoms with Gasteiger partial charge in [0.2, 0.25) is 0 Å². The molecule has 1 atom stereocenters. The van der Waals surface area contributed by atoms with E-state index in [-0.39, 0.29) is 0 Å². The highest BCUT2D eigenvalue weighted by Crippen LogP contribution is 2.11. The Labute approximate surface area is 91.6 Å². The van der Waals surface area contributed by atoms with Gasteiger partial charge >= 0.3 is 5.97 Å². The van der Waals surface area contributed by atoms with Crippen LogP contribution in [0.3, 0.4) is 0 Å². The van der Waals surface area contributed by atoms with Crippen molar-refractivity contribution >= 4 is 5.97 Å². The van der Waals surface area contributed by atoms with E-state index in [9.17, 15) is 4.79 Å². The zero-order valence-corrected chi connectivity index (χ0v) is 9.70. The summed E-state index contributed by atoms with van der Waals surface area (Å²) in [6.07, 6.45) is 3.33. The van der Waals surface area contributed by atoms with E-state index in [0.717, 1.165) is 25.9 Å². The average molecular weight is 214 g/mol. The van der Waals surface area contributed by atoms with Crippen molar-refractivity contribution in [1.29, 1.82) is 0 Å². The normalized spacial score (nSPS) is 21.5. The van der Waals surface area contributed by atoms with Gasteiger partial charge in [-0.25, -0.2) is 0 Å². The van der Waals surface area contributed by atoms with Gasteiger partial charge in [-0.1, -0.05) is 6.92 Å². The minimum absolute atomic E-state index is 0.379. The van der Waals surface area contributed by atoms with E-state index in [2.05, 4.69) is 17.1 Å². The first-order valence-electron chi connectivity index (χ1n) is 5.84. The van der Waals surface area contributed by atoms with E-state index in [1.165, 1.54) is 13.0 Å². The number of nitrogens with zero attached hydrogens (tertiary/aromatic N) is 1. The van der Waals surface area contributed by atoms with E-state index in [0.29, 0.717) is 6.04 Å². The smallest absolute Gasteiger partial charge is 0.320 e. The Kier molecular flexibility index (Phi) is 5.05. The van der Waals surface area contributed by atoms with Crippen molar-refractivity contribution in [3.05, 3.63) is 0 Å². The fourth-order valence-electron chi connectivity index (χ4n) is 2.06. The van der Waals surface area contributed by atoms with Crippen molar-refractivity contribution < 1.29 is 9.90 Å². The van der Waals surface area contributed by atoms with Crippen LogP contribution in [0.15, 0.2) is 0 Å². The molecule has 0 aromatic carbocycles. The second kappa shape index (κ2) is 6.08. The SMILES string of the molecule is CCCN1CCC(NC(C)C(=O)O)CC1. The lowest BCUT2D eigenvalue weighted by atomic mass is 10.0. The number of hydrogen-bond acceptors (Lipinski definition) is 3. The van der Waals surface area contributed by atoms with Crippen LogP contribution >= 0.6 is 0 Å². The van der Waals surface area contributed by atoms with Gasteiger partial charge in [0, 0.05) is 6.04 Å². The molecule has 0 spiro atoms. The van der Waals surface area contributed by atoms with Crippen LogP contribution in [0.2, 0.25) is 0 Å². The molecule has 0 aromatic heterocycles. The summed E-state index contributed by atoms with van der Waals surface area (Å²) in [6.45, 7) is 7.26. The van der Waals surface area contributed by atoms with Crippen LogP contribution in [0, 0.1) is 0 Å². The Morgan fingerprint density at radius 1 is 1.53 bits per heavy atom. The first-order chi connectivity index (χ1) is 7.13. The van der Waals surface area contributed by atoms with Gasteiger partial charge in [0.15, 0.2) is 0 Å². The van der Waals surface area contributed by atoms with Gasteiger partial charge in [-0.05, 0) is 45.8 Å². The molecule has 1 unspecified atom stereocenters. The third-order valence-corrected chi connectivity index (χ3v) is 2.98. The maximum Gasteiger partial charge on any atom is 0.320 e. The van der Waals surface area contributed by atoms with Crippen LogP contribution in [0.1, 0.15) is 33.1 Å². The minimum atomic E-state index is -0.758. The van der Waals surface area contributed by atoms with E-state index in [4.69, 9.17) is 5.11 Å². The third kappa shape index (κ3) is 4.18. The second-order valence-electron chi connectivity index (χ2n) is 4.34. The maximum atomic E-state index is 10.7. The standard InChI is InChI=1S/C11H22N2O2/c1-3-6-13-7-4-10(5-8-13)12-9(2)11(14)15/h9-10,12H,3-8H2,1-2H3,(H,14,15). The van der Waals surface area contributed by atoms with Crippen molar-refractivity contribution in [2.75, 3.05) is 19.6 Å². The summed E-state index contributed by atoms with van der Waals surface area (Å²) in [5, 5.41) is 11.9. The van der Waals surface area contributed by atoms with Gasteiger partial charge in [-0.15, -0.1) is 0 Å². The number of carboxylic acids is 1. The molecule has 0 aliphatic carbocycles. The molecule has 4 nitrogen and oxygen atoms in total. The van der Waals surface area contributed by atoms with Crippen LogP contribution in [-0.4, -0.2) is 47.7 Å². The monoisotopic (exact) mass is 214 g/mol. The molecule has 0 amide bonds. The molecule has 1 fully saturated rings. The highest BCUT2D eigenvalue weighted by molar-refractivity contribution is 5.72. The molecular formula is C11H22N2O2. The molecule has 0 saturated carbocycles. The predicted molar refractivity (Wildman–Crippen MR) is 60.0 cm³/mol. The Balaban J connectivity index is 2.22. The number of nitrogens with one attached hydrogen (secondary N) is 1. The lowest BCUT2D eigenvalue weighted by Crippen LogP contribution is -2.47. The summed E-state index contributed by atoms with van der Waals surface area (Å²) in [5.74, 6) is -0.758. The number of piperidine rings is 1. The first-order valence-corrected chi connectivity index (χ1v) is 5.84. The zero-order valence-electron chi connectivity index (χ0n) is 9.70. The van der Waals surface area contributed by atoms with Gasteiger partial charge in [0.05, 0.1) is 0 Å². The van der Waals surface area contributed by atoms with E-state index in [1.807, 2.05) is 0 Å². The van der Waals surface area contributed by atoms with Crippen LogP contribution in [0.5, 0.6) is 0 Å². The van der Waals surface area contributed by atoms with Gasteiger partial charge in [0.25, 0.3) is 0 Å². The largest absolute Gasteiger partial charge is 0.480 e. The summed E-state index contributed by atoms with van der Waals surface area (Å²) in [7, 11) is 0. The van der Waals surface area contributed by atoms with Gasteiger partial charge in [-0.2, -0.15) is 0 Å². The summed E-state index contributed by atoms with van der Waals surface area (Å²) in [5.41, 5.74) is 0. The quantitative estimate of drug-likeness (QED) is 0.714. The summed E-state index contributed by atoms with van der Waals surface area (Å²) >= 11 is 0.